The summed E-state index contributed by atoms with van der Waals surface area (Å²) in [4.78, 5) is 27.3. The Balaban J connectivity index is 0.000000751. The summed E-state index contributed by atoms with van der Waals surface area (Å²) in [5.41, 5.74) is -1.33. The molecule has 2 rings (SSSR count). The maximum absolute atomic E-state index is 14.1. The summed E-state index contributed by atoms with van der Waals surface area (Å²) >= 11 is 5.79. The number of urea groups is 1. The molecule has 0 bridgehead atoms. The van der Waals surface area contributed by atoms with Crippen LogP contribution in [0.2, 0.25) is 5.02 Å². The lowest BCUT2D eigenvalue weighted by Gasteiger charge is -2.12. The maximum atomic E-state index is 14.1. The Bertz CT molecular complexity index is 936. The monoisotopic (exact) mass is 485 g/mol. The summed E-state index contributed by atoms with van der Waals surface area (Å²) in [6.45, 7) is 3.01. The van der Waals surface area contributed by atoms with E-state index in [1.165, 1.54) is 12.1 Å². The van der Waals surface area contributed by atoms with Crippen molar-refractivity contribution in [3.63, 3.8) is 0 Å². The van der Waals surface area contributed by atoms with Crippen LogP contribution in [-0.4, -0.2) is 24.7 Å². The number of hydrogen-bond donors (Lipinski definition) is 3. The summed E-state index contributed by atoms with van der Waals surface area (Å²) in [6, 6.07) is 4.39. The van der Waals surface area contributed by atoms with Gasteiger partial charge in [-0.25, -0.2) is 13.6 Å². The number of halogens is 7. The van der Waals surface area contributed by atoms with Crippen molar-refractivity contribution in [2.45, 2.75) is 26.4 Å². The quantitative estimate of drug-likeness (QED) is 0.439. The van der Waals surface area contributed by atoms with E-state index in [1.54, 1.807) is 6.92 Å². The molecule has 0 aliphatic rings. The van der Waals surface area contributed by atoms with Gasteiger partial charge < -0.3 is 16.0 Å². The number of carbonyl (C=O) groups excluding carboxylic acids is 2. The fourth-order valence-corrected chi connectivity index (χ4v) is 2.23. The second-order valence-corrected chi connectivity index (χ2v) is 6.32. The molecule has 2 aromatic rings. The fourth-order valence-electron chi connectivity index (χ4n) is 2.02. The molecule has 0 radical (unpaired) electrons. The summed E-state index contributed by atoms with van der Waals surface area (Å²) in [5, 5.41) is 6.51. The molecule has 0 heterocycles. The first-order chi connectivity index (χ1) is 14.9. The third-order valence-electron chi connectivity index (χ3n) is 3.58. The Morgan fingerprint density at radius 3 is 2.19 bits per heavy atom. The van der Waals surface area contributed by atoms with Crippen molar-refractivity contribution in [2.75, 3.05) is 17.2 Å². The summed E-state index contributed by atoms with van der Waals surface area (Å²) in [7, 11) is 0. The fraction of sp³-hybridized carbons (Fsp3) is 0.263. The van der Waals surface area contributed by atoms with Crippen LogP contribution in [0.15, 0.2) is 30.3 Å². The number of benzene rings is 2. The molecule has 2 aromatic carbocycles. The highest BCUT2D eigenvalue weighted by Crippen LogP contribution is 2.30. The van der Waals surface area contributed by atoms with Gasteiger partial charge in [-0.05, 0) is 25.1 Å². The summed E-state index contributed by atoms with van der Waals surface area (Å²) in [5.74, 6) is -3.60. The normalized spacial score (nSPS) is 10.5. The highest BCUT2D eigenvalue weighted by atomic mass is 35.5. The lowest BCUT2D eigenvalue weighted by Crippen LogP contribution is -2.28. The topological polar surface area (TPSA) is 79.5 Å². The van der Waals surface area contributed by atoms with Crippen LogP contribution in [0.1, 0.15) is 30.6 Å². The zero-order chi connectivity index (χ0) is 24.5. The SMILES string of the molecule is CCC(F)(F)F.CCNC(=O)Nc1cc(OF)c(C(=O)Nc2c(F)cccc2Cl)cc1F. The molecular weight excluding hydrogens is 468 g/mol. The molecule has 0 fully saturated rings. The predicted molar refractivity (Wildman–Crippen MR) is 107 cm³/mol. The smallest absolute Gasteiger partial charge is 0.338 e. The summed E-state index contributed by atoms with van der Waals surface area (Å²) < 4.78 is 73.0. The average molecular weight is 486 g/mol. The second-order valence-electron chi connectivity index (χ2n) is 5.91. The van der Waals surface area contributed by atoms with E-state index >= 15 is 0 Å². The van der Waals surface area contributed by atoms with Crippen LogP contribution in [0, 0.1) is 11.6 Å². The van der Waals surface area contributed by atoms with E-state index in [4.69, 9.17) is 11.6 Å². The van der Waals surface area contributed by atoms with Crippen molar-refractivity contribution in [2.24, 2.45) is 0 Å². The van der Waals surface area contributed by atoms with Crippen molar-refractivity contribution >= 4 is 34.9 Å². The lowest BCUT2D eigenvalue weighted by molar-refractivity contribution is -0.130. The van der Waals surface area contributed by atoms with E-state index in [2.05, 4.69) is 20.9 Å². The first-order valence-electron chi connectivity index (χ1n) is 8.92. The number of rotatable bonds is 5. The van der Waals surface area contributed by atoms with Gasteiger partial charge in [0.2, 0.25) is 0 Å². The lowest BCUT2D eigenvalue weighted by atomic mass is 10.1. The molecule has 0 aromatic heterocycles. The first kappa shape index (κ1) is 26.9. The summed E-state index contributed by atoms with van der Waals surface area (Å²) in [6.07, 6.45) is -4.69. The molecule has 6 nitrogen and oxygen atoms in total. The van der Waals surface area contributed by atoms with Gasteiger partial charge in [-0.2, -0.15) is 13.2 Å². The molecule has 3 amide bonds. The van der Waals surface area contributed by atoms with E-state index in [9.17, 15) is 36.1 Å². The zero-order valence-corrected chi connectivity index (χ0v) is 17.4. The third kappa shape index (κ3) is 8.17. The maximum Gasteiger partial charge on any atom is 0.388 e. The van der Waals surface area contributed by atoms with E-state index in [0.29, 0.717) is 6.07 Å². The molecule has 0 aliphatic carbocycles. The van der Waals surface area contributed by atoms with Gasteiger partial charge in [0, 0.05) is 23.6 Å². The molecule has 32 heavy (non-hydrogen) atoms. The number of amides is 3. The highest BCUT2D eigenvalue weighted by Gasteiger charge is 2.23. The molecule has 3 N–H and O–H groups in total. The van der Waals surface area contributed by atoms with Crippen LogP contribution in [0.4, 0.5) is 42.6 Å². The van der Waals surface area contributed by atoms with E-state index in [1.807, 2.05) is 0 Å². The zero-order valence-electron chi connectivity index (χ0n) is 16.7. The van der Waals surface area contributed by atoms with Gasteiger partial charge in [0.15, 0.2) is 5.75 Å². The molecule has 0 saturated carbocycles. The van der Waals surface area contributed by atoms with Crippen LogP contribution in [-0.2, 0) is 0 Å². The van der Waals surface area contributed by atoms with Gasteiger partial charge >= 0.3 is 12.2 Å². The van der Waals surface area contributed by atoms with Gasteiger partial charge in [0.05, 0.1) is 22.0 Å². The predicted octanol–water partition coefficient (Wildman–Crippen LogP) is 6.23. The number of carbonyl (C=O) groups is 2. The van der Waals surface area contributed by atoms with Crippen LogP contribution in [0.25, 0.3) is 0 Å². The molecule has 0 aliphatic heterocycles. The molecule has 176 valence electrons. The van der Waals surface area contributed by atoms with Crippen molar-refractivity contribution in [1.82, 2.24) is 5.32 Å². The average Bonchev–Trinajstić information content (AvgIpc) is 2.72. The standard InChI is InChI=1S/C16H13ClF3N3O3.C3H5F3/c1-2-21-16(25)22-12-7-13(26-20)8(6-11(12)19)15(24)23-14-9(17)4-3-5-10(14)18;1-2-3(4,5)6/h3-7H,2H2,1H3,(H,23,24)(H2,21,22,25);2H2,1H3. The minimum Gasteiger partial charge on any atom is -0.338 e. The van der Waals surface area contributed by atoms with E-state index in [0.717, 1.165) is 19.1 Å². The van der Waals surface area contributed by atoms with Crippen molar-refractivity contribution in [3.8, 4) is 5.75 Å². The molecule has 13 heteroatoms. The largest absolute Gasteiger partial charge is 0.388 e. The molecule has 0 atom stereocenters. The van der Waals surface area contributed by atoms with Crippen molar-refractivity contribution < 1.29 is 41.0 Å². The molecule has 0 unspecified atom stereocenters. The van der Waals surface area contributed by atoms with Crippen LogP contribution in [0.3, 0.4) is 0 Å². The van der Waals surface area contributed by atoms with Gasteiger partial charge in [-0.3, -0.25) is 9.74 Å². The van der Waals surface area contributed by atoms with Gasteiger partial charge in [-0.1, -0.05) is 24.6 Å². The molecule has 0 spiro atoms. The number of para-hydroxylation sites is 1. The minimum absolute atomic E-state index is 0.101. The van der Waals surface area contributed by atoms with Gasteiger partial charge in [0.1, 0.15) is 11.6 Å². The van der Waals surface area contributed by atoms with Gasteiger partial charge in [-0.15, -0.1) is 0 Å². The minimum atomic E-state index is -3.96. The molecule has 0 saturated heterocycles. The number of nitrogens with one attached hydrogen (secondary N) is 3. The Hall–Kier alpha value is -3.15. The van der Waals surface area contributed by atoms with Crippen molar-refractivity contribution in [3.05, 3.63) is 52.6 Å². The third-order valence-corrected chi connectivity index (χ3v) is 3.90. The first-order valence-corrected chi connectivity index (χ1v) is 9.30. The highest BCUT2D eigenvalue weighted by molar-refractivity contribution is 6.34. The number of alkyl halides is 3. The Labute approximate surface area is 183 Å². The Kier molecular flexibility index (Phi) is 10.1. The van der Waals surface area contributed by atoms with E-state index < -0.39 is 53.2 Å². The van der Waals surface area contributed by atoms with E-state index in [-0.39, 0.29) is 17.3 Å². The Morgan fingerprint density at radius 1 is 1.06 bits per heavy atom. The van der Waals surface area contributed by atoms with Gasteiger partial charge in [0.25, 0.3) is 5.91 Å². The van der Waals surface area contributed by atoms with Crippen LogP contribution < -0.4 is 20.9 Å². The molecular formula is C19H18ClF6N3O3. The van der Waals surface area contributed by atoms with Crippen LogP contribution in [0.5, 0.6) is 5.75 Å². The Morgan fingerprint density at radius 2 is 1.69 bits per heavy atom. The van der Waals surface area contributed by atoms with Crippen molar-refractivity contribution in [1.29, 1.82) is 0 Å². The second kappa shape index (κ2) is 12.0. The number of anilines is 2. The number of hydrogen-bond acceptors (Lipinski definition) is 3. The van der Waals surface area contributed by atoms with Crippen LogP contribution >= 0.6 is 11.6 Å².